The van der Waals surface area contributed by atoms with Crippen molar-refractivity contribution < 1.29 is 47.8 Å². The van der Waals surface area contributed by atoms with E-state index in [1.54, 1.807) is 0 Å². The van der Waals surface area contributed by atoms with Gasteiger partial charge in [0.05, 0.1) is 0 Å². The van der Waals surface area contributed by atoms with E-state index in [0.717, 1.165) is 0 Å². The number of hydrogen-bond acceptors (Lipinski definition) is 1. The van der Waals surface area contributed by atoms with Gasteiger partial charge in [0.15, 0.2) is 0 Å². The topological polar surface area (TPSA) is 74.1 Å². The molecule has 0 saturated carbocycles. The van der Waals surface area contributed by atoms with Gasteiger partial charge in [0.1, 0.15) is 0 Å². The van der Waals surface area contributed by atoms with Gasteiger partial charge in [-0.2, -0.15) is 0 Å². The molecule has 0 amide bonds. The Bertz CT molecular complexity index is 6.85. The molecule has 0 spiro atoms. The van der Waals surface area contributed by atoms with Crippen LogP contribution in [0.4, 0.5) is 0 Å². The molecule has 5 heteroatoms. The maximum absolute atomic E-state index is 7.81. The monoisotopic (exact) mass is 166 g/mol. The Labute approximate surface area is 48.2 Å². The molecule has 5 heavy (non-hydrogen) atoms. The third-order valence-corrected chi connectivity index (χ3v) is 0. The third-order valence-electron chi connectivity index (χ3n) is 0. The first-order valence-electron chi connectivity index (χ1n) is 0.123. The molecule has 0 aromatic heterocycles. The van der Waals surface area contributed by atoms with Crippen LogP contribution in [0.1, 0.15) is 0 Å². The second-order valence-electron chi connectivity index (χ2n) is 0. The van der Waals surface area contributed by atoms with Crippen LogP contribution in [0.15, 0.2) is 0 Å². The predicted octanol–water partition coefficient (Wildman–Crippen LogP) is -0.361. The van der Waals surface area contributed by atoms with Gasteiger partial charge in [0.25, 0.3) is 0 Å². The molecule has 0 unspecified atom stereocenters. The van der Waals surface area contributed by atoms with E-state index in [1.807, 2.05) is 0 Å². The van der Waals surface area contributed by atoms with E-state index in [1.165, 1.54) is 0 Å². The summed E-state index contributed by atoms with van der Waals surface area (Å²) in [6.45, 7) is 0. The fraction of sp³-hybridized carbons (Fsp3) is 0. The molecule has 0 rings (SSSR count). The Kier molecular flexibility index (Phi) is 984. The normalized spacial score (nSPS) is 1.20. The molecule has 0 aliphatic rings. The summed E-state index contributed by atoms with van der Waals surface area (Å²) >= 11 is 2.94. The van der Waals surface area contributed by atoms with Crippen LogP contribution in [0.5, 0.6) is 0 Å². The van der Waals surface area contributed by atoms with Gasteiger partial charge >= 0.3 is 19.8 Å². The van der Waals surface area contributed by atoms with Crippen LogP contribution in [0.3, 0.4) is 0 Å². The Balaban J connectivity index is -0.00000000167. The maximum atomic E-state index is 7.81. The second-order valence-corrected chi connectivity index (χ2v) is 0. The summed E-state index contributed by atoms with van der Waals surface area (Å²) in [6.07, 6.45) is 0. The average molecular weight is 166 g/mol. The fourth-order valence-corrected chi connectivity index (χ4v) is 0. The van der Waals surface area contributed by atoms with Crippen LogP contribution in [0, 0.1) is 0 Å². The summed E-state index contributed by atoms with van der Waals surface area (Å²) < 4.78 is 7.81. The molecule has 0 bridgehead atoms. The van der Waals surface area contributed by atoms with E-state index < -0.39 is 0 Å². The molecule has 0 N–H and O–H groups in total. The molecule has 40 valence electrons. The zero-order valence-corrected chi connectivity index (χ0v) is 4.03. The predicted molar refractivity (Wildman–Crippen MR) is 2.06 cm³/mol. The van der Waals surface area contributed by atoms with E-state index in [4.69, 9.17) is 3.83 Å². The molecule has 0 fully saturated rings. The van der Waals surface area contributed by atoms with Crippen LogP contribution >= 0.6 is 0 Å². The Hall–Kier alpha value is 0.759. The third kappa shape index (κ3) is 62.9. The van der Waals surface area contributed by atoms with Crippen molar-refractivity contribution in [1.29, 1.82) is 0 Å². The summed E-state index contributed by atoms with van der Waals surface area (Å²) in [7, 11) is 0. The minimum absolute atomic E-state index is 0. The van der Waals surface area contributed by atoms with Crippen LogP contribution in [-0.4, -0.2) is 0 Å². The average Bonchev–Trinajstić information content (AvgIpc) is 1.00. The zero-order valence-electron chi connectivity index (χ0n) is 1.90. The van der Waals surface area contributed by atoms with Crippen LogP contribution in [0.25, 0.3) is 0 Å². The molecule has 0 aliphatic carbocycles. The molecule has 0 atom stereocenters. The molecule has 0 saturated heterocycles. The van der Waals surface area contributed by atoms with Crippen molar-refractivity contribution in [3.8, 4) is 0 Å². The van der Waals surface area contributed by atoms with Crippen LogP contribution in [0.2, 0.25) is 0 Å². The van der Waals surface area contributed by atoms with Crippen molar-refractivity contribution in [3.05, 3.63) is 0 Å². The first-order valence-corrected chi connectivity index (χ1v) is 0.508. The van der Waals surface area contributed by atoms with E-state index >= 15 is 0 Å². The Morgan fingerprint density at radius 3 is 1.00 bits per heavy atom. The standard InChI is InChI=1S/Cu.Mn.3O/q;;;2*-2. The van der Waals surface area contributed by atoms with Gasteiger partial charge in [-0.25, -0.2) is 0 Å². The molecule has 3 nitrogen and oxygen atoms in total. The van der Waals surface area contributed by atoms with Gasteiger partial charge in [-0.15, -0.1) is 0 Å². The zero-order chi connectivity index (χ0) is 2.00. The fourth-order valence-electron chi connectivity index (χ4n) is 0. The van der Waals surface area contributed by atoms with E-state index in [9.17, 15) is 0 Å². The van der Waals surface area contributed by atoms with Crippen molar-refractivity contribution in [2.45, 2.75) is 0 Å². The molecular weight excluding hydrogens is 166 g/mol. The van der Waals surface area contributed by atoms with Crippen molar-refractivity contribution in [1.82, 2.24) is 0 Å². The van der Waals surface area contributed by atoms with Gasteiger partial charge in [0, 0.05) is 17.1 Å². The summed E-state index contributed by atoms with van der Waals surface area (Å²) in [5.41, 5.74) is 0. The molecule has 0 heterocycles. The molecule has 0 aromatic rings. The quantitative estimate of drug-likeness (QED) is 0.453. The van der Waals surface area contributed by atoms with E-state index in [2.05, 4.69) is 15.9 Å². The van der Waals surface area contributed by atoms with Crippen LogP contribution < -0.4 is 0 Å². The molecular formula is CuMnO3-4. The van der Waals surface area contributed by atoms with Crippen molar-refractivity contribution in [2.24, 2.45) is 0 Å². The summed E-state index contributed by atoms with van der Waals surface area (Å²) in [6, 6.07) is 0. The van der Waals surface area contributed by atoms with Gasteiger partial charge in [-0.3, -0.25) is 0 Å². The van der Waals surface area contributed by atoms with E-state index in [0.29, 0.717) is 0 Å². The van der Waals surface area contributed by atoms with Crippen LogP contribution in [-0.2, 0) is 47.8 Å². The first kappa shape index (κ1) is 42.2. The summed E-state index contributed by atoms with van der Waals surface area (Å²) in [4.78, 5) is 0. The Morgan fingerprint density at radius 2 is 1.00 bits per heavy atom. The van der Waals surface area contributed by atoms with Crippen molar-refractivity contribution >= 4 is 0 Å². The van der Waals surface area contributed by atoms with E-state index in [-0.39, 0.29) is 28.0 Å². The number of rotatable bonds is 0. The van der Waals surface area contributed by atoms with Gasteiger partial charge in [-0.05, 0) is 0 Å². The van der Waals surface area contributed by atoms with Crippen molar-refractivity contribution in [3.63, 3.8) is 0 Å². The second kappa shape index (κ2) is 117. The summed E-state index contributed by atoms with van der Waals surface area (Å²) in [5.74, 6) is 0. The van der Waals surface area contributed by atoms with Crippen molar-refractivity contribution in [2.75, 3.05) is 0 Å². The summed E-state index contributed by atoms with van der Waals surface area (Å²) in [5, 5.41) is 0. The SMILES string of the molecule is [Mn].[O-2].[O-2].[O]=[Cu]. The minimum atomic E-state index is 0. The van der Waals surface area contributed by atoms with Gasteiger partial charge in [0.2, 0.25) is 0 Å². The molecule has 1 radical (unpaired) electrons. The van der Waals surface area contributed by atoms with Gasteiger partial charge < -0.3 is 11.0 Å². The first-order chi connectivity index (χ1) is 1.00. The number of hydrogen-bond donors (Lipinski definition) is 0. The Morgan fingerprint density at radius 1 is 1.00 bits per heavy atom. The van der Waals surface area contributed by atoms with Gasteiger partial charge in [-0.1, -0.05) is 0 Å². The molecule has 0 aromatic carbocycles. The molecule has 0 aliphatic heterocycles.